The highest BCUT2D eigenvalue weighted by molar-refractivity contribution is 4.83. The lowest BCUT2D eigenvalue weighted by Crippen LogP contribution is -2.42. The quantitative estimate of drug-likeness (QED) is 0.828. The first-order valence-electron chi connectivity index (χ1n) is 6.82. The maximum atomic E-state index is 12.1. The normalized spacial score (nSPS) is 29.8. The van der Waals surface area contributed by atoms with E-state index in [9.17, 15) is 13.2 Å². The Hall–Kier alpha value is -0.290. The predicted octanol–water partition coefficient (Wildman–Crippen LogP) is 3.02. The van der Waals surface area contributed by atoms with Crippen LogP contribution in [0.4, 0.5) is 13.2 Å². The van der Waals surface area contributed by atoms with Crippen molar-refractivity contribution >= 4 is 0 Å². The van der Waals surface area contributed by atoms with Crippen LogP contribution in [0.2, 0.25) is 0 Å². The second kappa shape index (κ2) is 6.75. The molecule has 0 amide bonds. The average molecular weight is 266 g/mol. The maximum absolute atomic E-state index is 12.1. The highest BCUT2D eigenvalue weighted by Gasteiger charge is 2.30. The van der Waals surface area contributed by atoms with Crippen LogP contribution in [0.25, 0.3) is 0 Å². The van der Waals surface area contributed by atoms with Crippen LogP contribution in [0, 0.1) is 11.8 Å². The monoisotopic (exact) mass is 266 g/mol. The highest BCUT2D eigenvalue weighted by Crippen LogP contribution is 2.31. The standard InChI is InChI=1S/C13H25F3N2/c1-3-10-4-5-12(17)11(8-10)9-18(2)7-6-13(14,15)16/h10-12H,3-9,17H2,1-2H3. The Labute approximate surface area is 108 Å². The summed E-state index contributed by atoms with van der Waals surface area (Å²) in [4.78, 5) is 1.77. The fourth-order valence-corrected chi connectivity index (χ4v) is 2.77. The molecule has 0 bridgehead atoms. The molecule has 0 heterocycles. The minimum absolute atomic E-state index is 0.0729. The first kappa shape index (κ1) is 15.8. The molecule has 1 aliphatic carbocycles. The van der Waals surface area contributed by atoms with Crippen LogP contribution in [0.5, 0.6) is 0 Å². The summed E-state index contributed by atoms with van der Waals surface area (Å²) in [6.45, 7) is 2.93. The Morgan fingerprint density at radius 1 is 1.28 bits per heavy atom. The summed E-state index contributed by atoms with van der Waals surface area (Å²) in [5.74, 6) is 1.05. The first-order chi connectivity index (χ1) is 8.31. The number of hydrogen-bond acceptors (Lipinski definition) is 2. The molecular weight excluding hydrogens is 241 g/mol. The number of alkyl halides is 3. The number of nitrogens with two attached hydrogens (primary N) is 1. The number of halogens is 3. The van der Waals surface area contributed by atoms with Gasteiger partial charge in [-0.3, -0.25) is 0 Å². The number of nitrogens with zero attached hydrogens (tertiary/aromatic N) is 1. The maximum Gasteiger partial charge on any atom is 0.390 e. The van der Waals surface area contributed by atoms with Crippen molar-refractivity contribution in [1.82, 2.24) is 4.90 Å². The van der Waals surface area contributed by atoms with Gasteiger partial charge in [-0.05, 0) is 38.1 Å². The number of hydrogen-bond donors (Lipinski definition) is 1. The van der Waals surface area contributed by atoms with Crippen LogP contribution in [-0.2, 0) is 0 Å². The van der Waals surface area contributed by atoms with Crippen molar-refractivity contribution in [2.45, 2.75) is 51.2 Å². The predicted molar refractivity (Wildman–Crippen MR) is 67.3 cm³/mol. The summed E-state index contributed by atoms with van der Waals surface area (Å²) in [6.07, 6.45) is -0.405. The molecular formula is C13H25F3N2. The molecule has 0 aromatic carbocycles. The lowest BCUT2D eigenvalue weighted by atomic mass is 9.77. The third-order valence-corrected chi connectivity index (χ3v) is 4.05. The van der Waals surface area contributed by atoms with Gasteiger partial charge in [0.1, 0.15) is 0 Å². The minimum atomic E-state index is -4.06. The molecule has 0 aromatic rings. The molecule has 108 valence electrons. The van der Waals surface area contributed by atoms with Crippen LogP contribution < -0.4 is 5.73 Å². The van der Waals surface area contributed by atoms with E-state index in [-0.39, 0.29) is 12.6 Å². The fraction of sp³-hybridized carbons (Fsp3) is 1.00. The third-order valence-electron chi connectivity index (χ3n) is 4.05. The van der Waals surface area contributed by atoms with Crippen LogP contribution in [-0.4, -0.2) is 37.3 Å². The van der Waals surface area contributed by atoms with E-state index in [2.05, 4.69) is 6.92 Å². The van der Waals surface area contributed by atoms with Crippen LogP contribution in [0.1, 0.15) is 39.0 Å². The minimum Gasteiger partial charge on any atom is -0.327 e. The molecule has 18 heavy (non-hydrogen) atoms. The van der Waals surface area contributed by atoms with Gasteiger partial charge in [-0.15, -0.1) is 0 Å². The second-order valence-corrected chi connectivity index (χ2v) is 5.64. The largest absolute Gasteiger partial charge is 0.390 e. The van der Waals surface area contributed by atoms with E-state index in [1.807, 2.05) is 0 Å². The van der Waals surface area contributed by atoms with Gasteiger partial charge in [-0.25, -0.2) is 0 Å². The summed E-state index contributed by atoms with van der Waals surface area (Å²) >= 11 is 0. The van der Waals surface area contributed by atoms with Crippen LogP contribution in [0.3, 0.4) is 0 Å². The van der Waals surface area contributed by atoms with Crippen molar-refractivity contribution in [3.8, 4) is 0 Å². The van der Waals surface area contributed by atoms with E-state index in [4.69, 9.17) is 5.73 Å². The molecule has 1 saturated carbocycles. The summed E-state index contributed by atoms with van der Waals surface area (Å²) in [6, 6.07) is 0.154. The average Bonchev–Trinajstić information content (AvgIpc) is 2.28. The zero-order valence-electron chi connectivity index (χ0n) is 11.3. The smallest absolute Gasteiger partial charge is 0.327 e. The number of rotatable bonds is 5. The summed E-state index contributed by atoms with van der Waals surface area (Å²) < 4.78 is 36.4. The summed E-state index contributed by atoms with van der Waals surface area (Å²) in [5, 5.41) is 0. The van der Waals surface area contributed by atoms with E-state index < -0.39 is 12.6 Å². The van der Waals surface area contributed by atoms with Gasteiger partial charge in [-0.1, -0.05) is 13.3 Å². The Kier molecular flexibility index (Phi) is 5.92. The lowest BCUT2D eigenvalue weighted by molar-refractivity contribution is -0.137. The van der Waals surface area contributed by atoms with E-state index in [1.165, 1.54) is 6.42 Å². The van der Waals surface area contributed by atoms with Crippen molar-refractivity contribution < 1.29 is 13.2 Å². The fourth-order valence-electron chi connectivity index (χ4n) is 2.77. The van der Waals surface area contributed by atoms with Gasteiger partial charge in [-0.2, -0.15) is 13.2 Å². The Morgan fingerprint density at radius 2 is 1.94 bits per heavy atom. The van der Waals surface area contributed by atoms with Crippen molar-refractivity contribution in [2.75, 3.05) is 20.1 Å². The molecule has 0 aliphatic heterocycles. The molecule has 1 aliphatic rings. The van der Waals surface area contributed by atoms with Gasteiger partial charge < -0.3 is 10.6 Å². The molecule has 0 spiro atoms. The molecule has 3 unspecified atom stereocenters. The summed E-state index contributed by atoms with van der Waals surface area (Å²) in [5.41, 5.74) is 6.08. The molecule has 3 atom stereocenters. The van der Waals surface area contributed by atoms with E-state index in [0.29, 0.717) is 18.4 Å². The first-order valence-corrected chi connectivity index (χ1v) is 6.82. The van der Waals surface area contributed by atoms with E-state index >= 15 is 0 Å². The van der Waals surface area contributed by atoms with Crippen molar-refractivity contribution in [3.05, 3.63) is 0 Å². The van der Waals surface area contributed by atoms with E-state index in [0.717, 1.165) is 19.3 Å². The molecule has 1 rings (SSSR count). The van der Waals surface area contributed by atoms with Crippen LogP contribution >= 0.6 is 0 Å². The topological polar surface area (TPSA) is 29.3 Å². The van der Waals surface area contributed by atoms with Gasteiger partial charge >= 0.3 is 6.18 Å². The molecule has 2 nitrogen and oxygen atoms in total. The Balaban J connectivity index is 2.35. The Bertz CT molecular complexity index is 243. The van der Waals surface area contributed by atoms with E-state index in [1.54, 1.807) is 11.9 Å². The van der Waals surface area contributed by atoms with Crippen molar-refractivity contribution in [1.29, 1.82) is 0 Å². The zero-order valence-corrected chi connectivity index (χ0v) is 11.3. The Morgan fingerprint density at radius 3 is 2.50 bits per heavy atom. The van der Waals surface area contributed by atoms with Gasteiger partial charge in [0, 0.05) is 19.1 Å². The molecule has 0 radical (unpaired) electrons. The summed E-state index contributed by atoms with van der Waals surface area (Å²) in [7, 11) is 1.76. The molecule has 0 saturated heterocycles. The van der Waals surface area contributed by atoms with Gasteiger partial charge in [0.05, 0.1) is 6.42 Å². The SMILES string of the molecule is CCC1CCC(N)C(CN(C)CCC(F)(F)F)C1. The van der Waals surface area contributed by atoms with Gasteiger partial charge in [0.2, 0.25) is 0 Å². The van der Waals surface area contributed by atoms with Crippen molar-refractivity contribution in [2.24, 2.45) is 17.6 Å². The van der Waals surface area contributed by atoms with Crippen LogP contribution in [0.15, 0.2) is 0 Å². The third kappa shape index (κ3) is 5.57. The van der Waals surface area contributed by atoms with Crippen molar-refractivity contribution in [3.63, 3.8) is 0 Å². The zero-order chi connectivity index (χ0) is 13.8. The molecule has 5 heteroatoms. The van der Waals surface area contributed by atoms with Gasteiger partial charge in [0.25, 0.3) is 0 Å². The molecule has 0 aromatic heterocycles. The lowest BCUT2D eigenvalue weighted by Gasteiger charge is -2.36. The molecule has 2 N–H and O–H groups in total. The van der Waals surface area contributed by atoms with Gasteiger partial charge in [0.15, 0.2) is 0 Å². The highest BCUT2D eigenvalue weighted by atomic mass is 19.4. The molecule has 1 fully saturated rings. The second-order valence-electron chi connectivity index (χ2n) is 5.64.